The second kappa shape index (κ2) is 5.61. The zero-order valence-corrected chi connectivity index (χ0v) is 9.24. The third kappa shape index (κ3) is 3.28. The Bertz CT molecular complexity index is 203. The molecule has 0 amide bonds. The highest BCUT2D eigenvalue weighted by Crippen LogP contribution is 2.21. The van der Waals surface area contributed by atoms with Gasteiger partial charge < -0.3 is 9.47 Å². The van der Waals surface area contributed by atoms with Gasteiger partial charge in [0.05, 0.1) is 12.7 Å². The van der Waals surface area contributed by atoms with Crippen molar-refractivity contribution in [3.05, 3.63) is 0 Å². The maximum absolute atomic E-state index is 11.8. The lowest BCUT2D eigenvalue weighted by Gasteiger charge is -2.21. The minimum absolute atomic E-state index is 0.167. The second-order valence-corrected chi connectivity index (χ2v) is 4.55. The van der Waals surface area contributed by atoms with E-state index in [9.17, 15) is 4.79 Å². The van der Waals surface area contributed by atoms with Gasteiger partial charge in [0, 0.05) is 25.6 Å². The fourth-order valence-corrected chi connectivity index (χ4v) is 2.37. The SMILES string of the molecule is O=C(CCC1CCCO1)C1CCCOC1. The van der Waals surface area contributed by atoms with Crippen LogP contribution < -0.4 is 0 Å². The highest BCUT2D eigenvalue weighted by Gasteiger charge is 2.23. The topological polar surface area (TPSA) is 35.5 Å². The monoisotopic (exact) mass is 212 g/mol. The third-order valence-electron chi connectivity index (χ3n) is 3.35. The van der Waals surface area contributed by atoms with Gasteiger partial charge in [-0.1, -0.05) is 0 Å². The first-order valence-electron chi connectivity index (χ1n) is 6.08. The van der Waals surface area contributed by atoms with Crippen LogP contribution in [0, 0.1) is 5.92 Å². The minimum Gasteiger partial charge on any atom is -0.381 e. The number of ether oxygens (including phenoxy) is 2. The van der Waals surface area contributed by atoms with Gasteiger partial charge in [0.25, 0.3) is 0 Å². The van der Waals surface area contributed by atoms with Gasteiger partial charge in [0.1, 0.15) is 5.78 Å². The van der Waals surface area contributed by atoms with Gasteiger partial charge in [-0.2, -0.15) is 0 Å². The van der Waals surface area contributed by atoms with Crippen molar-refractivity contribution in [2.75, 3.05) is 19.8 Å². The van der Waals surface area contributed by atoms with E-state index >= 15 is 0 Å². The molecule has 0 aromatic heterocycles. The fourth-order valence-electron chi connectivity index (χ4n) is 2.37. The lowest BCUT2D eigenvalue weighted by atomic mass is 9.93. The lowest BCUT2D eigenvalue weighted by molar-refractivity contribution is -0.127. The summed E-state index contributed by atoms with van der Waals surface area (Å²) in [6, 6.07) is 0. The molecule has 2 atom stereocenters. The molecule has 86 valence electrons. The van der Waals surface area contributed by atoms with Crippen molar-refractivity contribution in [3.63, 3.8) is 0 Å². The zero-order valence-electron chi connectivity index (χ0n) is 9.24. The molecule has 2 rings (SSSR count). The fraction of sp³-hybridized carbons (Fsp3) is 0.917. The number of carbonyl (C=O) groups is 1. The molecule has 0 bridgehead atoms. The van der Waals surface area contributed by atoms with E-state index in [4.69, 9.17) is 9.47 Å². The number of ketones is 1. The molecule has 0 N–H and O–H groups in total. The number of rotatable bonds is 4. The average molecular weight is 212 g/mol. The van der Waals surface area contributed by atoms with E-state index in [1.54, 1.807) is 0 Å². The smallest absolute Gasteiger partial charge is 0.138 e. The van der Waals surface area contributed by atoms with Gasteiger partial charge in [-0.05, 0) is 32.1 Å². The predicted octanol–water partition coefficient (Wildman–Crippen LogP) is 1.94. The van der Waals surface area contributed by atoms with Crippen LogP contribution in [0.2, 0.25) is 0 Å². The van der Waals surface area contributed by atoms with Crippen LogP contribution in [0.3, 0.4) is 0 Å². The van der Waals surface area contributed by atoms with Crippen molar-refractivity contribution in [1.82, 2.24) is 0 Å². The molecule has 2 heterocycles. The molecule has 0 aliphatic carbocycles. The minimum atomic E-state index is 0.167. The summed E-state index contributed by atoms with van der Waals surface area (Å²) in [5.41, 5.74) is 0. The van der Waals surface area contributed by atoms with Crippen LogP contribution in [0.5, 0.6) is 0 Å². The maximum atomic E-state index is 11.8. The van der Waals surface area contributed by atoms with Crippen molar-refractivity contribution in [3.8, 4) is 0 Å². The standard InChI is InChI=1S/C12H20O3/c13-12(10-3-1-7-14-9-10)6-5-11-4-2-8-15-11/h10-11H,1-9H2. The Kier molecular flexibility index (Phi) is 4.15. The summed E-state index contributed by atoms with van der Waals surface area (Å²) < 4.78 is 10.8. The molecule has 3 heteroatoms. The van der Waals surface area contributed by atoms with Gasteiger partial charge in [0.2, 0.25) is 0 Å². The van der Waals surface area contributed by atoms with Crippen LogP contribution >= 0.6 is 0 Å². The van der Waals surface area contributed by atoms with Crippen LogP contribution in [0.4, 0.5) is 0 Å². The van der Waals surface area contributed by atoms with Gasteiger partial charge in [-0.3, -0.25) is 4.79 Å². The molecule has 15 heavy (non-hydrogen) atoms. The van der Waals surface area contributed by atoms with Gasteiger partial charge in [0.15, 0.2) is 0 Å². The van der Waals surface area contributed by atoms with Crippen molar-refractivity contribution in [1.29, 1.82) is 0 Å². The zero-order chi connectivity index (χ0) is 10.5. The first-order valence-corrected chi connectivity index (χ1v) is 6.08. The highest BCUT2D eigenvalue weighted by molar-refractivity contribution is 5.81. The van der Waals surface area contributed by atoms with Gasteiger partial charge in [-0.15, -0.1) is 0 Å². The van der Waals surface area contributed by atoms with Crippen molar-refractivity contribution >= 4 is 5.78 Å². The Hall–Kier alpha value is -0.410. The first kappa shape index (κ1) is 11.1. The number of carbonyl (C=O) groups excluding carboxylic acids is 1. The van der Waals surface area contributed by atoms with Crippen molar-refractivity contribution in [2.45, 2.75) is 44.6 Å². The molecule has 2 aliphatic rings. The summed E-state index contributed by atoms with van der Waals surface area (Å²) in [6.45, 7) is 2.35. The number of hydrogen-bond donors (Lipinski definition) is 0. The molecule has 0 spiro atoms. The molecule has 3 nitrogen and oxygen atoms in total. The predicted molar refractivity (Wildman–Crippen MR) is 56.8 cm³/mol. The van der Waals surface area contributed by atoms with Gasteiger partial charge in [-0.25, -0.2) is 0 Å². The number of hydrogen-bond acceptors (Lipinski definition) is 3. The Morgan fingerprint density at radius 3 is 2.73 bits per heavy atom. The van der Waals surface area contributed by atoms with E-state index in [-0.39, 0.29) is 5.92 Å². The Labute approximate surface area is 91.1 Å². The number of Topliss-reactive ketones (excluding diaryl/α,β-unsaturated/α-hetero) is 1. The van der Waals surface area contributed by atoms with Crippen LogP contribution in [0.25, 0.3) is 0 Å². The van der Waals surface area contributed by atoms with E-state index in [1.165, 1.54) is 0 Å². The molecule has 0 aromatic carbocycles. The van der Waals surface area contributed by atoms with Crippen LogP contribution in [-0.2, 0) is 14.3 Å². The van der Waals surface area contributed by atoms with E-state index in [2.05, 4.69) is 0 Å². The molecule has 0 radical (unpaired) electrons. The summed E-state index contributed by atoms with van der Waals surface area (Å²) >= 11 is 0. The maximum Gasteiger partial charge on any atom is 0.138 e. The molecular formula is C12H20O3. The highest BCUT2D eigenvalue weighted by atomic mass is 16.5. The summed E-state index contributed by atoms with van der Waals surface area (Å²) in [7, 11) is 0. The van der Waals surface area contributed by atoms with E-state index < -0.39 is 0 Å². The van der Waals surface area contributed by atoms with Crippen molar-refractivity contribution < 1.29 is 14.3 Å². The average Bonchev–Trinajstić information content (AvgIpc) is 2.80. The molecule has 0 saturated carbocycles. The van der Waals surface area contributed by atoms with Crippen LogP contribution in [0.1, 0.15) is 38.5 Å². The second-order valence-electron chi connectivity index (χ2n) is 4.55. The van der Waals surface area contributed by atoms with E-state index in [1.807, 2.05) is 0 Å². The molecule has 2 aliphatic heterocycles. The summed E-state index contributed by atoms with van der Waals surface area (Å²) in [6.07, 6.45) is 6.28. The van der Waals surface area contributed by atoms with Gasteiger partial charge >= 0.3 is 0 Å². The third-order valence-corrected chi connectivity index (χ3v) is 3.35. The Morgan fingerprint density at radius 1 is 1.20 bits per heavy atom. The summed E-state index contributed by atoms with van der Waals surface area (Å²) in [4.78, 5) is 11.8. The summed E-state index contributed by atoms with van der Waals surface area (Å²) in [5, 5.41) is 0. The quantitative estimate of drug-likeness (QED) is 0.714. The van der Waals surface area contributed by atoms with Crippen LogP contribution in [0.15, 0.2) is 0 Å². The first-order chi connectivity index (χ1) is 7.36. The summed E-state index contributed by atoms with van der Waals surface area (Å²) in [5.74, 6) is 0.547. The molecular weight excluding hydrogens is 192 g/mol. The van der Waals surface area contributed by atoms with E-state index in [0.717, 1.165) is 45.3 Å². The molecule has 2 fully saturated rings. The normalized spacial score (nSPS) is 31.7. The Morgan fingerprint density at radius 2 is 2.07 bits per heavy atom. The molecule has 2 saturated heterocycles. The largest absolute Gasteiger partial charge is 0.381 e. The lowest BCUT2D eigenvalue weighted by Crippen LogP contribution is -2.25. The molecule has 0 aromatic rings. The Balaban J connectivity index is 1.66. The molecule has 2 unspecified atom stereocenters. The van der Waals surface area contributed by atoms with Crippen molar-refractivity contribution in [2.24, 2.45) is 5.92 Å². The van der Waals surface area contributed by atoms with E-state index in [0.29, 0.717) is 24.9 Å². The van der Waals surface area contributed by atoms with Crippen LogP contribution in [-0.4, -0.2) is 31.7 Å².